The van der Waals surface area contributed by atoms with Gasteiger partial charge in [-0.3, -0.25) is 4.79 Å². The molecule has 0 heterocycles. The van der Waals surface area contributed by atoms with Crippen molar-refractivity contribution >= 4 is 18.0 Å². The van der Waals surface area contributed by atoms with Gasteiger partial charge < -0.3 is 14.8 Å². The Balaban J connectivity index is 1.83. The Morgan fingerprint density at radius 2 is 2.04 bits per heavy atom. The van der Waals surface area contributed by atoms with E-state index in [1.165, 1.54) is 6.08 Å². The maximum absolute atomic E-state index is 11.9. The molecule has 126 valence electrons. The maximum atomic E-state index is 11.9. The van der Waals surface area contributed by atoms with Gasteiger partial charge in [0.2, 0.25) is 0 Å². The summed E-state index contributed by atoms with van der Waals surface area (Å²) in [5, 5.41) is 11.9. The first-order valence-corrected chi connectivity index (χ1v) is 7.79. The summed E-state index contributed by atoms with van der Waals surface area (Å²) in [6.07, 6.45) is 5.89. The van der Waals surface area contributed by atoms with Crippen molar-refractivity contribution in [3.8, 4) is 11.8 Å². The molecular weight excluding hydrogens is 308 g/mol. The average molecular weight is 328 g/mol. The number of nitrogens with zero attached hydrogens (tertiary/aromatic N) is 1. The highest BCUT2D eigenvalue weighted by Gasteiger charge is 2.35. The van der Waals surface area contributed by atoms with Crippen LogP contribution < -0.4 is 10.1 Å². The third kappa shape index (κ3) is 4.59. The van der Waals surface area contributed by atoms with Crippen LogP contribution in [0.2, 0.25) is 0 Å². The minimum Gasteiger partial charge on any atom is -0.496 e. The van der Waals surface area contributed by atoms with Crippen LogP contribution in [0.4, 0.5) is 0 Å². The van der Waals surface area contributed by atoms with Crippen molar-refractivity contribution < 1.29 is 19.1 Å². The van der Waals surface area contributed by atoms with E-state index in [4.69, 9.17) is 9.47 Å². The van der Waals surface area contributed by atoms with E-state index in [1.54, 1.807) is 25.3 Å². The van der Waals surface area contributed by atoms with E-state index in [0.717, 1.165) is 18.4 Å². The maximum Gasteiger partial charge on any atom is 0.331 e. The Bertz CT molecular complexity index is 670. The molecule has 0 unspecified atom stereocenters. The number of methoxy groups -OCH3 is 1. The standard InChI is InChI=1S/C18H20N2O4/c1-23-15-7-3-2-6-14(15)8-9-17(22)24-12-16(21)20-18(13-19)10-4-5-11-18/h2-3,6-9H,4-5,10-12H2,1H3,(H,20,21)/b9-8+. The fourth-order valence-electron chi connectivity index (χ4n) is 2.69. The molecule has 0 aromatic heterocycles. The van der Waals surface area contributed by atoms with Gasteiger partial charge in [-0.2, -0.15) is 5.26 Å². The zero-order valence-corrected chi connectivity index (χ0v) is 13.6. The van der Waals surface area contributed by atoms with E-state index in [-0.39, 0.29) is 0 Å². The van der Waals surface area contributed by atoms with Crippen LogP contribution in [0, 0.1) is 11.3 Å². The third-order valence-corrected chi connectivity index (χ3v) is 3.93. The van der Waals surface area contributed by atoms with Crippen LogP contribution >= 0.6 is 0 Å². The number of hydrogen-bond acceptors (Lipinski definition) is 5. The van der Waals surface area contributed by atoms with Gasteiger partial charge in [-0.25, -0.2) is 4.79 Å². The first-order valence-electron chi connectivity index (χ1n) is 7.79. The van der Waals surface area contributed by atoms with E-state index in [1.807, 2.05) is 12.1 Å². The molecule has 6 nitrogen and oxygen atoms in total. The number of carbonyl (C=O) groups is 2. The predicted octanol–water partition coefficient (Wildman–Crippen LogP) is 2.20. The molecule has 1 saturated carbocycles. The van der Waals surface area contributed by atoms with Crippen molar-refractivity contribution in [2.75, 3.05) is 13.7 Å². The van der Waals surface area contributed by atoms with Crippen LogP contribution in [-0.2, 0) is 14.3 Å². The van der Waals surface area contributed by atoms with Crippen LogP contribution in [0.5, 0.6) is 5.75 Å². The SMILES string of the molecule is COc1ccccc1/C=C/C(=O)OCC(=O)NC1(C#N)CCCC1. The molecule has 6 heteroatoms. The summed E-state index contributed by atoms with van der Waals surface area (Å²) in [7, 11) is 1.55. The van der Waals surface area contributed by atoms with Gasteiger partial charge in [-0.15, -0.1) is 0 Å². The Morgan fingerprint density at radius 1 is 1.33 bits per heavy atom. The fraction of sp³-hybridized carbons (Fsp3) is 0.389. The van der Waals surface area contributed by atoms with Gasteiger partial charge in [0.1, 0.15) is 11.3 Å². The van der Waals surface area contributed by atoms with Gasteiger partial charge in [0.15, 0.2) is 6.61 Å². The number of rotatable bonds is 6. The second-order valence-electron chi connectivity index (χ2n) is 5.63. The average Bonchev–Trinajstić information content (AvgIpc) is 3.07. The van der Waals surface area contributed by atoms with E-state index < -0.39 is 24.0 Å². The molecule has 1 aromatic rings. The molecule has 0 saturated heterocycles. The van der Waals surface area contributed by atoms with Gasteiger partial charge >= 0.3 is 5.97 Å². The summed E-state index contributed by atoms with van der Waals surface area (Å²) in [6.45, 7) is -0.404. The Hall–Kier alpha value is -2.81. The molecule has 1 aromatic carbocycles. The van der Waals surface area contributed by atoms with Crippen LogP contribution in [0.15, 0.2) is 30.3 Å². The lowest BCUT2D eigenvalue weighted by molar-refractivity contribution is -0.144. The van der Waals surface area contributed by atoms with Gasteiger partial charge in [-0.1, -0.05) is 18.2 Å². The molecule has 0 spiro atoms. The minimum atomic E-state index is -0.809. The number of para-hydroxylation sites is 1. The van der Waals surface area contributed by atoms with Gasteiger partial charge in [0, 0.05) is 11.6 Å². The smallest absolute Gasteiger partial charge is 0.331 e. The monoisotopic (exact) mass is 328 g/mol. The van der Waals surface area contributed by atoms with Crippen molar-refractivity contribution in [1.29, 1.82) is 5.26 Å². The molecular formula is C18H20N2O4. The summed E-state index contributed by atoms with van der Waals surface area (Å²) in [4.78, 5) is 23.6. The summed E-state index contributed by atoms with van der Waals surface area (Å²) in [6, 6.07) is 9.38. The van der Waals surface area contributed by atoms with Crippen molar-refractivity contribution in [3.05, 3.63) is 35.9 Å². The molecule has 0 aliphatic heterocycles. The highest BCUT2D eigenvalue weighted by Crippen LogP contribution is 2.28. The molecule has 0 bridgehead atoms. The molecule has 0 atom stereocenters. The third-order valence-electron chi connectivity index (χ3n) is 3.93. The molecule has 1 aliphatic rings. The first-order chi connectivity index (χ1) is 11.6. The van der Waals surface area contributed by atoms with E-state index in [9.17, 15) is 14.9 Å². The predicted molar refractivity (Wildman–Crippen MR) is 87.9 cm³/mol. The Labute approximate surface area is 141 Å². The minimum absolute atomic E-state index is 0.404. The lowest BCUT2D eigenvalue weighted by atomic mass is 10.00. The summed E-state index contributed by atoms with van der Waals surface area (Å²) >= 11 is 0. The number of benzene rings is 1. The molecule has 1 aliphatic carbocycles. The lowest BCUT2D eigenvalue weighted by Gasteiger charge is -2.21. The molecule has 1 amide bonds. The number of amides is 1. The number of nitriles is 1. The van der Waals surface area contributed by atoms with E-state index in [2.05, 4.69) is 11.4 Å². The van der Waals surface area contributed by atoms with Crippen molar-refractivity contribution in [2.45, 2.75) is 31.2 Å². The second kappa shape index (κ2) is 8.16. The van der Waals surface area contributed by atoms with Crippen LogP contribution in [0.1, 0.15) is 31.2 Å². The normalized spacial score (nSPS) is 15.7. The highest BCUT2D eigenvalue weighted by atomic mass is 16.5. The zero-order chi connectivity index (χ0) is 17.4. The summed E-state index contributed by atoms with van der Waals surface area (Å²) < 4.78 is 10.1. The summed E-state index contributed by atoms with van der Waals surface area (Å²) in [5.74, 6) is -0.456. The number of esters is 1. The van der Waals surface area contributed by atoms with Crippen molar-refractivity contribution in [3.63, 3.8) is 0 Å². The molecule has 1 N–H and O–H groups in total. The summed E-state index contributed by atoms with van der Waals surface area (Å²) in [5.41, 5.74) is -0.0766. The Kier molecular flexibility index (Phi) is 5.96. The molecule has 1 fully saturated rings. The topological polar surface area (TPSA) is 88.4 Å². The van der Waals surface area contributed by atoms with Crippen molar-refractivity contribution in [2.24, 2.45) is 0 Å². The number of carbonyl (C=O) groups excluding carboxylic acids is 2. The van der Waals surface area contributed by atoms with Gasteiger partial charge in [0.05, 0.1) is 13.2 Å². The Morgan fingerprint density at radius 3 is 2.71 bits per heavy atom. The quantitative estimate of drug-likeness (QED) is 0.639. The number of ether oxygens (including phenoxy) is 2. The van der Waals surface area contributed by atoms with Crippen molar-refractivity contribution in [1.82, 2.24) is 5.32 Å². The van der Waals surface area contributed by atoms with Crippen LogP contribution in [0.25, 0.3) is 6.08 Å². The highest BCUT2D eigenvalue weighted by molar-refractivity contribution is 5.89. The van der Waals surface area contributed by atoms with E-state index >= 15 is 0 Å². The lowest BCUT2D eigenvalue weighted by Crippen LogP contribution is -2.46. The first kappa shape index (κ1) is 17.5. The van der Waals surface area contributed by atoms with Crippen LogP contribution in [-0.4, -0.2) is 31.1 Å². The second-order valence-corrected chi connectivity index (χ2v) is 5.63. The molecule has 0 radical (unpaired) electrons. The fourth-order valence-corrected chi connectivity index (χ4v) is 2.69. The molecule has 2 rings (SSSR count). The largest absolute Gasteiger partial charge is 0.496 e. The zero-order valence-electron chi connectivity index (χ0n) is 13.6. The van der Waals surface area contributed by atoms with E-state index in [0.29, 0.717) is 18.6 Å². The van der Waals surface area contributed by atoms with Gasteiger partial charge in [-0.05, 0) is 37.8 Å². The molecule has 24 heavy (non-hydrogen) atoms. The number of nitrogens with one attached hydrogen (secondary N) is 1. The number of hydrogen-bond donors (Lipinski definition) is 1. The van der Waals surface area contributed by atoms with Crippen LogP contribution in [0.3, 0.4) is 0 Å². The van der Waals surface area contributed by atoms with Gasteiger partial charge in [0.25, 0.3) is 5.91 Å².